The molecule has 1 saturated heterocycles. The number of hydrazine groups is 1. The summed E-state index contributed by atoms with van der Waals surface area (Å²) in [4.78, 5) is 9.07. The monoisotopic (exact) mass is 443 g/mol. The van der Waals surface area contributed by atoms with Crippen LogP contribution in [-0.2, 0) is 0 Å². The van der Waals surface area contributed by atoms with Crippen molar-refractivity contribution in [2.75, 3.05) is 37.8 Å². The molecular formula is C26H33N7. The van der Waals surface area contributed by atoms with Gasteiger partial charge in [0.2, 0.25) is 0 Å². The lowest BCUT2D eigenvalue weighted by Gasteiger charge is -2.24. The topological polar surface area (TPSA) is 77.1 Å². The summed E-state index contributed by atoms with van der Waals surface area (Å²) in [6.45, 7) is 8.43. The van der Waals surface area contributed by atoms with E-state index in [1.54, 1.807) is 0 Å². The van der Waals surface area contributed by atoms with Gasteiger partial charge in [-0.1, -0.05) is 18.7 Å². The second kappa shape index (κ2) is 10.5. The van der Waals surface area contributed by atoms with Crippen molar-refractivity contribution >= 4 is 33.7 Å². The van der Waals surface area contributed by atoms with Crippen LogP contribution in [0.1, 0.15) is 30.9 Å². The normalized spacial score (nSPS) is 14.8. The lowest BCUT2D eigenvalue weighted by atomic mass is 10.0. The Morgan fingerprint density at radius 1 is 1.06 bits per heavy atom. The van der Waals surface area contributed by atoms with E-state index in [1.165, 1.54) is 11.1 Å². The molecule has 2 aromatic heterocycles. The van der Waals surface area contributed by atoms with Gasteiger partial charge in [0.05, 0.1) is 0 Å². The number of hydrogen-bond donors (Lipinski definition) is 4. The lowest BCUT2D eigenvalue weighted by Crippen LogP contribution is -2.35. The maximum Gasteiger partial charge on any atom is 0.130 e. The molecule has 1 aromatic carbocycles. The maximum atomic E-state index is 4.58. The number of pyridine rings is 2. The van der Waals surface area contributed by atoms with Crippen LogP contribution in [0.2, 0.25) is 0 Å². The molecule has 0 unspecified atom stereocenters. The summed E-state index contributed by atoms with van der Waals surface area (Å²) < 4.78 is 0. The van der Waals surface area contributed by atoms with Gasteiger partial charge in [-0.25, -0.2) is 15.4 Å². The predicted octanol–water partition coefficient (Wildman–Crippen LogP) is 4.30. The first-order valence-electron chi connectivity index (χ1n) is 11.4. The standard InChI is InChI=1S/C26H33N7/c1-18(17-33(4)27-3)20-5-6-22-16-30-26(15-23(22)13-20)31-19(2)21-7-12-29-25(14-21)32-24-8-10-28-11-9-24/h5-7,12-17,24,27-28H,2,8-11H2,1,3-4H3,(H,29,32)(H,30,31)/b18-17+. The van der Waals surface area contributed by atoms with E-state index in [-0.39, 0.29) is 0 Å². The Kier molecular flexibility index (Phi) is 7.22. The highest BCUT2D eigenvalue weighted by atomic mass is 15.5. The van der Waals surface area contributed by atoms with Crippen molar-refractivity contribution < 1.29 is 0 Å². The summed E-state index contributed by atoms with van der Waals surface area (Å²) in [5, 5.41) is 14.5. The fourth-order valence-corrected chi connectivity index (χ4v) is 3.98. The minimum absolute atomic E-state index is 0.456. The molecule has 0 atom stereocenters. The molecule has 3 aromatic rings. The van der Waals surface area contributed by atoms with Gasteiger partial charge in [0.1, 0.15) is 11.6 Å². The molecule has 3 heterocycles. The molecule has 0 aliphatic carbocycles. The quantitative estimate of drug-likeness (QED) is 0.387. The van der Waals surface area contributed by atoms with Gasteiger partial charge in [-0.15, -0.1) is 0 Å². The molecule has 0 amide bonds. The first-order chi connectivity index (χ1) is 16.0. The zero-order chi connectivity index (χ0) is 23.2. The van der Waals surface area contributed by atoms with E-state index < -0.39 is 0 Å². The van der Waals surface area contributed by atoms with Crippen molar-refractivity contribution in [2.45, 2.75) is 25.8 Å². The first kappa shape index (κ1) is 22.8. The minimum Gasteiger partial charge on any atom is -0.367 e. The average Bonchev–Trinajstić information content (AvgIpc) is 2.84. The van der Waals surface area contributed by atoms with Gasteiger partial charge in [-0.3, -0.25) is 0 Å². The highest BCUT2D eigenvalue weighted by Gasteiger charge is 2.13. The summed E-state index contributed by atoms with van der Waals surface area (Å²) in [7, 11) is 3.88. The summed E-state index contributed by atoms with van der Waals surface area (Å²) in [5.74, 6) is 1.65. The minimum atomic E-state index is 0.456. The van der Waals surface area contributed by atoms with Gasteiger partial charge in [0.25, 0.3) is 0 Å². The van der Waals surface area contributed by atoms with Crippen LogP contribution >= 0.6 is 0 Å². The van der Waals surface area contributed by atoms with Gasteiger partial charge in [0.15, 0.2) is 0 Å². The van der Waals surface area contributed by atoms with Crippen LogP contribution in [0.15, 0.2) is 61.6 Å². The average molecular weight is 444 g/mol. The van der Waals surface area contributed by atoms with Crippen molar-refractivity contribution in [1.29, 1.82) is 0 Å². The van der Waals surface area contributed by atoms with E-state index in [9.17, 15) is 0 Å². The second-order valence-corrected chi connectivity index (χ2v) is 8.48. The maximum absolute atomic E-state index is 4.58. The van der Waals surface area contributed by atoms with Crippen molar-refractivity contribution in [3.05, 3.63) is 72.7 Å². The number of aromatic nitrogens is 2. The molecule has 0 radical (unpaired) electrons. The Labute approximate surface area is 196 Å². The summed E-state index contributed by atoms with van der Waals surface area (Å²) in [6, 6.07) is 12.9. The molecule has 172 valence electrons. The summed E-state index contributed by atoms with van der Waals surface area (Å²) in [5.41, 5.74) is 7.22. The molecular weight excluding hydrogens is 410 g/mol. The molecule has 1 aliphatic heterocycles. The van der Waals surface area contributed by atoms with E-state index in [0.717, 1.165) is 59.6 Å². The number of anilines is 2. The van der Waals surface area contributed by atoms with Crippen LogP contribution < -0.4 is 21.4 Å². The smallest absolute Gasteiger partial charge is 0.130 e. The van der Waals surface area contributed by atoms with Crippen molar-refractivity contribution in [3.8, 4) is 0 Å². The van der Waals surface area contributed by atoms with Crippen molar-refractivity contribution in [3.63, 3.8) is 0 Å². The molecule has 0 saturated carbocycles. The molecule has 0 spiro atoms. The SMILES string of the molecule is C=C(Nc1cc2cc(/C(C)=C/N(C)NC)ccc2cn1)c1ccnc(NC2CCNCC2)c1. The van der Waals surface area contributed by atoms with E-state index in [4.69, 9.17) is 0 Å². The number of hydrogen-bond acceptors (Lipinski definition) is 7. The molecule has 7 nitrogen and oxygen atoms in total. The lowest BCUT2D eigenvalue weighted by molar-refractivity contribution is 0.366. The zero-order valence-corrected chi connectivity index (χ0v) is 19.7. The first-order valence-corrected chi connectivity index (χ1v) is 11.4. The van der Waals surface area contributed by atoms with Gasteiger partial charge in [0, 0.05) is 55.4 Å². The molecule has 33 heavy (non-hydrogen) atoms. The number of allylic oxidation sites excluding steroid dienone is 1. The molecule has 1 fully saturated rings. The van der Waals surface area contributed by atoms with Gasteiger partial charge in [-0.05, 0) is 73.6 Å². The van der Waals surface area contributed by atoms with Crippen molar-refractivity contribution in [1.82, 2.24) is 25.7 Å². The Bertz CT molecular complexity index is 1150. The third-order valence-electron chi connectivity index (χ3n) is 6.00. The van der Waals surface area contributed by atoms with E-state index in [2.05, 4.69) is 75.3 Å². The number of rotatable bonds is 8. The number of nitrogens with zero attached hydrogens (tertiary/aromatic N) is 3. The third kappa shape index (κ3) is 5.88. The number of piperidine rings is 1. The van der Waals surface area contributed by atoms with Crippen LogP contribution in [0.5, 0.6) is 0 Å². The largest absolute Gasteiger partial charge is 0.367 e. The van der Waals surface area contributed by atoms with E-state index in [0.29, 0.717) is 6.04 Å². The summed E-state index contributed by atoms with van der Waals surface area (Å²) in [6.07, 6.45) is 8.00. The highest BCUT2D eigenvalue weighted by Crippen LogP contribution is 2.25. The third-order valence-corrected chi connectivity index (χ3v) is 6.00. The van der Waals surface area contributed by atoms with Crippen LogP contribution in [0.4, 0.5) is 11.6 Å². The van der Waals surface area contributed by atoms with Crippen LogP contribution in [-0.4, -0.2) is 48.2 Å². The van der Waals surface area contributed by atoms with E-state index >= 15 is 0 Å². The molecule has 4 rings (SSSR count). The summed E-state index contributed by atoms with van der Waals surface area (Å²) >= 11 is 0. The van der Waals surface area contributed by atoms with Crippen LogP contribution in [0.3, 0.4) is 0 Å². The predicted molar refractivity (Wildman–Crippen MR) is 139 cm³/mol. The highest BCUT2D eigenvalue weighted by molar-refractivity contribution is 5.88. The second-order valence-electron chi connectivity index (χ2n) is 8.48. The Morgan fingerprint density at radius 2 is 1.88 bits per heavy atom. The zero-order valence-electron chi connectivity index (χ0n) is 19.7. The Morgan fingerprint density at radius 3 is 2.67 bits per heavy atom. The molecule has 0 bridgehead atoms. The van der Waals surface area contributed by atoms with Gasteiger partial charge in [-0.2, -0.15) is 0 Å². The van der Waals surface area contributed by atoms with Crippen molar-refractivity contribution in [2.24, 2.45) is 0 Å². The van der Waals surface area contributed by atoms with Crippen LogP contribution in [0.25, 0.3) is 22.0 Å². The van der Waals surface area contributed by atoms with Gasteiger partial charge < -0.3 is 21.0 Å². The fourth-order valence-electron chi connectivity index (χ4n) is 3.98. The molecule has 1 aliphatic rings. The van der Waals surface area contributed by atoms with E-state index in [1.807, 2.05) is 43.6 Å². The fraction of sp³-hybridized carbons (Fsp3) is 0.308. The Hall–Kier alpha value is -3.42. The number of benzene rings is 1. The van der Waals surface area contributed by atoms with Crippen LogP contribution in [0, 0.1) is 0 Å². The van der Waals surface area contributed by atoms with Gasteiger partial charge >= 0.3 is 0 Å². The molecule has 7 heteroatoms. The Balaban J connectivity index is 1.49. The number of nitrogens with one attached hydrogen (secondary N) is 4. The number of fused-ring (bicyclic) bond motifs is 1. The molecule has 4 N–H and O–H groups in total.